The van der Waals surface area contributed by atoms with Gasteiger partial charge in [-0.05, 0) is 36.0 Å². The maximum Gasteiger partial charge on any atom is 0.324 e. The maximum absolute atomic E-state index is 13.1. The second kappa shape index (κ2) is 6.35. The molecular formula is C16H24FNO2. The van der Waals surface area contributed by atoms with E-state index >= 15 is 0 Å². The van der Waals surface area contributed by atoms with Crippen molar-refractivity contribution in [3.05, 3.63) is 35.6 Å². The van der Waals surface area contributed by atoms with Gasteiger partial charge in [0.25, 0.3) is 0 Å². The summed E-state index contributed by atoms with van der Waals surface area (Å²) in [6.45, 7) is 7.79. The standard InChI is InChI=1S/C16H24FNO2/c1-10(2)9-16(18,15(19)20)14(11(3)4)12-5-7-13(17)8-6-12/h5-8,10-11,14H,9,18H2,1-4H3,(H,19,20). The Hall–Kier alpha value is -1.42. The van der Waals surface area contributed by atoms with Gasteiger partial charge < -0.3 is 10.8 Å². The van der Waals surface area contributed by atoms with E-state index in [-0.39, 0.29) is 23.6 Å². The third-order valence-electron chi connectivity index (χ3n) is 3.59. The first-order chi connectivity index (χ1) is 9.18. The number of aliphatic carboxylic acids is 1. The first-order valence-electron chi connectivity index (χ1n) is 6.96. The normalized spacial score (nSPS) is 16.2. The van der Waals surface area contributed by atoms with Gasteiger partial charge in [0, 0.05) is 5.92 Å². The second-order valence-electron chi connectivity index (χ2n) is 6.22. The molecule has 0 aliphatic heterocycles. The van der Waals surface area contributed by atoms with Crippen LogP contribution in [0.25, 0.3) is 0 Å². The quantitative estimate of drug-likeness (QED) is 0.840. The van der Waals surface area contributed by atoms with Crippen LogP contribution in [-0.4, -0.2) is 16.6 Å². The molecule has 1 aromatic rings. The minimum absolute atomic E-state index is 0.0420. The van der Waals surface area contributed by atoms with E-state index in [9.17, 15) is 14.3 Å². The minimum atomic E-state index is -1.35. The molecule has 0 bridgehead atoms. The fourth-order valence-electron chi connectivity index (χ4n) is 2.97. The Morgan fingerprint density at radius 3 is 2.10 bits per heavy atom. The Bertz CT molecular complexity index is 456. The van der Waals surface area contributed by atoms with E-state index < -0.39 is 11.5 Å². The lowest BCUT2D eigenvalue weighted by Gasteiger charge is -2.38. The first kappa shape index (κ1) is 16.6. The van der Waals surface area contributed by atoms with Crippen molar-refractivity contribution in [3.8, 4) is 0 Å². The zero-order valence-electron chi connectivity index (χ0n) is 12.6. The SMILES string of the molecule is CC(C)CC(N)(C(=O)O)C(c1ccc(F)cc1)C(C)C. The van der Waals surface area contributed by atoms with Crippen molar-refractivity contribution >= 4 is 5.97 Å². The van der Waals surface area contributed by atoms with Crippen LogP contribution >= 0.6 is 0 Å². The number of carboxylic acid groups (broad SMARTS) is 1. The van der Waals surface area contributed by atoms with Gasteiger partial charge in [-0.3, -0.25) is 4.79 Å². The van der Waals surface area contributed by atoms with Crippen LogP contribution in [0.3, 0.4) is 0 Å². The molecule has 112 valence electrons. The van der Waals surface area contributed by atoms with Crippen molar-refractivity contribution in [2.24, 2.45) is 17.6 Å². The van der Waals surface area contributed by atoms with Gasteiger partial charge in [0.1, 0.15) is 11.4 Å². The lowest BCUT2D eigenvalue weighted by molar-refractivity contribution is -0.145. The largest absolute Gasteiger partial charge is 0.480 e. The molecule has 3 N–H and O–H groups in total. The third-order valence-corrected chi connectivity index (χ3v) is 3.59. The van der Waals surface area contributed by atoms with Gasteiger partial charge in [0.15, 0.2) is 0 Å². The van der Waals surface area contributed by atoms with E-state index in [1.54, 1.807) is 12.1 Å². The molecule has 2 atom stereocenters. The average Bonchev–Trinajstić information content (AvgIpc) is 2.30. The number of benzene rings is 1. The summed E-state index contributed by atoms with van der Waals surface area (Å²) in [6, 6.07) is 5.96. The van der Waals surface area contributed by atoms with Gasteiger partial charge in [-0.2, -0.15) is 0 Å². The van der Waals surface area contributed by atoms with Crippen molar-refractivity contribution in [3.63, 3.8) is 0 Å². The molecule has 0 amide bonds. The third kappa shape index (κ3) is 3.57. The first-order valence-corrected chi connectivity index (χ1v) is 6.96. The van der Waals surface area contributed by atoms with Crippen molar-refractivity contribution in [1.29, 1.82) is 0 Å². The van der Waals surface area contributed by atoms with Gasteiger partial charge in [-0.25, -0.2) is 4.39 Å². The van der Waals surface area contributed by atoms with E-state index in [1.807, 2.05) is 27.7 Å². The molecule has 0 saturated carbocycles. The Morgan fingerprint density at radius 2 is 1.75 bits per heavy atom. The van der Waals surface area contributed by atoms with Gasteiger partial charge in [0.05, 0.1) is 0 Å². The predicted octanol–water partition coefficient (Wildman–Crippen LogP) is 3.39. The summed E-state index contributed by atoms with van der Waals surface area (Å²) in [6.07, 6.45) is 0.378. The highest BCUT2D eigenvalue weighted by Gasteiger charge is 2.44. The number of rotatable bonds is 6. The summed E-state index contributed by atoms with van der Waals surface area (Å²) < 4.78 is 13.1. The van der Waals surface area contributed by atoms with E-state index in [1.165, 1.54) is 12.1 Å². The van der Waals surface area contributed by atoms with E-state index in [2.05, 4.69) is 0 Å². The molecule has 0 aromatic heterocycles. The maximum atomic E-state index is 13.1. The number of carbonyl (C=O) groups is 1. The van der Waals surface area contributed by atoms with Gasteiger partial charge in [-0.1, -0.05) is 39.8 Å². The highest BCUT2D eigenvalue weighted by Crippen LogP contribution is 2.37. The lowest BCUT2D eigenvalue weighted by Crippen LogP contribution is -2.55. The summed E-state index contributed by atoms with van der Waals surface area (Å²) in [7, 11) is 0. The van der Waals surface area contributed by atoms with E-state index in [0.29, 0.717) is 6.42 Å². The summed E-state index contributed by atoms with van der Waals surface area (Å²) in [5.74, 6) is -1.49. The van der Waals surface area contributed by atoms with Crippen LogP contribution in [0, 0.1) is 17.7 Å². The second-order valence-corrected chi connectivity index (χ2v) is 6.22. The van der Waals surface area contributed by atoms with E-state index in [4.69, 9.17) is 5.73 Å². The highest BCUT2D eigenvalue weighted by atomic mass is 19.1. The summed E-state index contributed by atoms with van der Waals surface area (Å²) in [5, 5.41) is 9.62. The average molecular weight is 281 g/mol. The Balaban J connectivity index is 3.28. The lowest BCUT2D eigenvalue weighted by atomic mass is 9.70. The Labute approximate surface area is 120 Å². The molecule has 0 spiro atoms. The topological polar surface area (TPSA) is 63.3 Å². The molecular weight excluding hydrogens is 257 g/mol. The van der Waals surface area contributed by atoms with Gasteiger partial charge >= 0.3 is 5.97 Å². The van der Waals surface area contributed by atoms with Crippen molar-refractivity contribution in [2.45, 2.75) is 45.6 Å². The Kier molecular flexibility index (Phi) is 5.28. The van der Waals surface area contributed by atoms with Gasteiger partial charge in [-0.15, -0.1) is 0 Å². The van der Waals surface area contributed by atoms with Crippen LogP contribution in [0.5, 0.6) is 0 Å². The van der Waals surface area contributed by atoms with E-state index in [0.717, 1.165) is 5.56 Å². The predicted molar refractivity (Wildman–Crippen MR) is 78.0 cm³/mol. The monoisotopic (exact) mass is 281 g/mol. The number of carboxylic acids is 1. The molecule has 0 fully saturated rings. The number of halogens is 1. The molecule has 20 heavy (non-hydrogen) atoms. The zero-order chi connectivity index (χ0) is 15.5. The van der Waals surface area contributed by atoms with Crippen LogP contribution in [0.4, 0.5) is 4.39 Å². The molecule has 1 rings (SSSR count). The fourth-order valence-corrected chi connectivity index (χ4v) is 2.97. The summed E-state index contributed by atoms with van der Waals surface area (Å²) >= 11 is 0. The molecule has 0 aliphatic rings. The molecule has 1 aromatic carbocycles. The van der Waals surface area contributed by atoms with Crippen LogP contribution in [0.15, 0.2) is 24.3 Å². The highest BCUT2D eigenvalue weighted by molar-refractivity contribution is 5.80. The Morgan fingerprint density at radius 1 is 1.25 bits per heavy atom. The molecule has 0 saturated heterocycles. The van der Waals surface area contributed by atoms with Crippen LogP contribution < -0.4 is 5.73 Å². The minimum Gasteiger partial charge on any atom is -0.480 e. The van der Waals surface area contributed by atoms with Crippen LogP contribution in [-0.2, 0) is 4.79 Å². The van der Waals surface area contributed by atoms with Crippen molar-refractivity contribution < 1.29 is 14.3 Å². The summed E-state index contributed by atoms with van der Waals surface area (Å²) in [5.41, 5.74) is 5.69. The van der Waals surface area contributed by atoms with Crippen molar-refractivity contribution in [2.75, 3.05) is 0 Å². The number of hydrogen-bond donors (Lipinski definition) is 2. The number of hydrogen-bond acceptors (Lipinski definition) is 2. The molecule has 2 unspecified atom stereocenters. The smallest absolute Gasteiger partial charge is 0.324 e. The zero-order valence-corrected chi connectivity index (χ0v) is 12.6. The van der Waals surface area contributed by atoms with Crippen LogP contribution in [0.2, 0.25) is 0 Å². The molecule has 0 aliphatic carbocycles. The van der Waals surface area contributed by atoms with Gasteiger partial charge in [0.2, 0.25) is 0 Å². The van der Waals surface area contributed by atoms with Crippen molar-refractivity contribution in [1.82, 2.24) is 0 Å². The van der Waals surface area contributed by atoms with Crippen LogP contribution in [0.1, 0.15) is 45.6 Å². The molecule has 4 heteroatoms. The fraction of sp³-hybridized carbons (Fsp3) is 0.562. The molecule has 0 heterocycles. The number of nitrogens with two attached hydrogens (primary N) is 1. The molecule has 0 radical (unpaired) electrons. The summed E-state index contributed by atoms with van der Waals surface area (Å²) in [4.78, 5) is 11.7. The molecule has 3 nitrogen and oxygen atoms in total.